The molecule has 2 unspecified atom stereocenters. The highest BCUT2D eigenvalue weighted by Gasteiger charge is 2.31. The minimum Gasteiger partial charge on any atom is -0.477 e. The molecule has 0 saturated heterocycles. The van der Waals surface area contributed by atoms with E-state index < -0.39 is 18.1 Å². The topological polar surface area (TPSA) is 99.1 Å². The van der Waals surface area contributed by atoms with Gasteiger partial charge in [0.15, 0.2) is 12.1 Å². The van der Waals surface area contributed by atoms with Crippen LogP contribution in [-0.4, -0.2) is 80.6 Å². The van der Waals surface area contributed by atoms with Gasteiger partial charge in [0.2, 0.25) is 0 Å². The molecule has 0 saturated carbocycles. The number of carboxylic acids is 1. The van der Waals surface area contributed by atoms with Crippen LogP contribution in [0.25, 0.3) is 0 Å². The van der Waals surface area contributed by atoms with Crippen molar-refractivity contribution < 1.29 is 38.2 Å². The number of esters is 2. The van der Waals surface area contributed by atoms with Crippen molar-refractivity contribution in [2.45, 2.75) is 154 Å². The monoisotopic (exact) mass is 691 g/mol. The van der Waals surface area contributed by atoms with Gasteiger partial charge in [-0.2, -0.15) is 0 Å². The maximum Gasteiger partial charge on any atom is 0.362 e. The summed E-state index contributed by atoms with van der Waals surface area (Å²) in [6, 6.07) is -0.619. The van der Waals surface area contributed by atoms with Crippen LogP contribution >= 0.6 is 0 Å². The van der Waals surface area contributed by atoms with Crippen molar-refractivity contribution in [2.75, 3.05) is 41.0 Å². The highest BCUT2D eigenvalue weighted by molar-refractivity contribution is 5.72. The first kappa shape index (κ1) is 46.3. The summed E-state index contributed by atoms with van der Waals surface area (Å²) in [5.41, 5.74) is 0. The SMILES string of the molecule is CC/C=C/C/C=C/CCCCCCCCCC(=O)OC(COCCC(C(=O)O)[N+](C)(C)C)COC(=O)CCCCC/C=C/C=C/CCCC. The van der Waals surface area contributed by atoms with Crippen molar-refractivity contribution in [3.05, 3.63) is 48.6 Å². The van der Waals surface area contributed by atoms with Crippen molar-refractivity contribution in [1.82, 2.24) is 0 Å². The van der Waals surface area contributed by atoms with Crippen molar-refractivity contribution in [3.8, 4) is 0 Å². The molecular weight excluding hydrogens is 618 g/mol. The molecule has 8 heteroatoms. The van der Waals surface area contributed by atoms with Crippen LogP contribution < -0.4 is 0 Å². The van der Waals surface area contributed by atoms with Gasteiger partial charge in [0.05, 0.1) is 34.4 Å². The molecule has 0 heterocycles. The second-order valence-corrected chi connectivity index (χ2v) is 13.8. The molecular formula is C41H72NO7+. The molecule has 0 aromatic heterocycles. The van der Waals surface area contributed by atoms with Gasteiger partial charge >= 0.3 is 17.9 Å². The third kappa shape index (κ3) is 31.0. The van der Waals surface area contributed by atoms with Crippen LogP contribution in [0.1, 0.15) is 142 Å². The van der Waals surface area contributed by atoms with Gasteiger partial charge in [-0.05, 0) is 57.8 Å². The number of unbranched alkanes of at least 4 members (excludes halogenated alkanes) is 12. The molecule has 0 aromatic rings. The minimum atomic E-state index is -0.883. The van der Waals surface area contributed by atoms with E-state index in [9.17, 15) is 19.5 Å². The fourth-order valence-corrected chi connectivity index (χ4v) is 5.22. The Kier molecular flexibility index (Phi) is 30.7. The van der Waals surface area contributed by atoms with Crippen molar-refractivity contribution in [2.24, 2.45) is 0 Å². The molecule has 0 spiro atoms. The first-order valence-corrected chi connectivity index (χ1v) is 19.2. The van der Waals surface area contributed by atoms with E-state index in [4.69, 9.17) is 14.2 Å². The maximum atomic E-state index is 12.6. The molecule has 0 bridgehead atoms. The number of carbonyl (C=O) groups excluding carboxylic acids is 2. The first-order valence-electron chi connectivity index (χ1n) is 19.2. The number of quaternary nitrogens is 1. The summed E-state index contributed by atoms with van der Waals surface area (Å²) in [5.74, 6) is -1.52. The predicted octanol–water partition coefficient (Wildman–Crippen LogP) is 9.68. The van der Waals surface area contributed by atoms with Gasteiger partial charge in [-0.3, -0.25) is 9.59 Å². The summed E-state index contributed by atoms with van der Waals surface area (Å²) in [7, 11) is 5.50. The zero-order valence-electron chi connectivity index (χ0n) is 31.9. The molecule has 0 aliphatic rings. The van der Waals surface area contributed by atoms with Crippen LogP contribution in [0.2, 0.25) is 0 Å². The van der Waals surface area contributed by atoms with Gasteiger partial charge in [0, 0.05) is 19.3 Å². The Morgan fingerprint density at radius 1 is 0.653 bits per heavy atom. The standard InChI is InChI=1S/C41H71NO7/c1-6-8-10-12-14-16-18-19-20-22-24-26-28-30-32-40(44)49-37(35-47-34-33-38(41(45)46)42(3,4)5)36-48-39(43)31-29-27-25-23-21-17-15-13-11-9-7-2/h8,10,13-17,21,37-38H,6-7,9,11-12,18-20,22-36H2,1-5H3/p+1/b10-8+,15-13+,16-14+,21-17+. The van der Waals surface area contributed by atoms with Crippen molar-refractivity contribution >= 4 is 17.9 Å². The summed E-state index contributed by atoms with van der Waals surface area (Å²) < 4.78 is 17.2. The summed E-state index contributed by atoms with van der Waals surface area (Å²) in [6.07, 6.45) is 35.8. The number of aliphatic carboxylic acids is 1. The van der Waals surface area contributed by atoms with E-state index >= 15 is 0 Å². The van der Waals surface area contributed by atoms with E-state index in [1.54, 1.807) is 0 Å². The van der Waals surface area contributed by atoms with Crippen LogP contribution in [0.5, 0.6) is 0 Å². The molecule has 0 fully saturated rings. The van der Waals surface area contributed by atoms with Crippen LogP contribution in [0.3, 0.4) is 0 Å². The Bertz CT molecular complexity index is 948. The lowest BCUT2D eigenvalue weighted by atomic mass is 10.1. The zero-order chi connectivity index (χ0) is 36.4. The molecule has 0 radical (unpaired) electrons. The average Bonchev–Trinajstić information content (AvgIpc) is 3.05. The molecule has 0 amide bonds. The summed E-state index contributed by atoms with van der Waals surface area (Å²) in [4.78, 5) is 36.7. The third-order valence-corrected chi connectivity index (χ3v) is 8.24. The Balaban J connectivity index is 4.47. The Morgan fingerprint density at radius 3 is 1.82 bits per heavy atom. The summed E-state index contributed by atoms with van der Waals surface area (Å²) >= 11 is 0. The third-order valence-electron chi connectivity index (χ3n) is 8.24. The second-order valence-electron chi connectivity index (χ2n) is 13.8. The van der Waals surface area contributed by atoms with Crippen LogP contribution in [-0.2, 0) is 28.6 Å². The minimum absolute atomic E-state index is 0.0480. The molecule has 0 aliphatic heterocycles. The number of rotatable bonds is 33. The highest BCUT2D eigenvalue weighted by Crippen LogP contribution is 2.13. The molecule has 0 aliphatic carbocycles. The van der Waals surface area contributed by atoms with Crippen LogP contribution in [0, 0.1) is 0 Å². The van der Waals surface area contributed by atoms with Gasteiger partial charge < -0.3 is 23.8 Å². The number of hydrogen-bond acceptors (Lipinski definition) is 6. The van der Waals surface area contributed by atoms with E-state index in [1.165, 1.54) is 38.5 Å². The van der Waals surface area contributed by atoms with E-state index in [1.807, 2.05) is 21.1 Å². The second kappa shape index (κ2) is 32.5. The van der Waals surface area contributed by atoms with Crippen LogP contribution in [0.15, 0.2) is 48.6 Å². The number of carbonyl (C=O) groups is 3. The Hall–Kier alpha value is -2.71. The van der Waals surface area contributed by atoms with E-state index in [2.05, 4.69) is 62.5 Å². The number of carboxylic acid groups (broad SMARTS) is 1. The molecule has 1 N–H and O–H groups in total. The van der Waals surface area contributed by atoms with Gasteiger partial charge in [0.1, 0.15) is 6.61 Å². The fourth-order valence-electron chi connectivity index (χ4n) is 5.22. The molecule has 2 atom stereocenters. The number of likely N-dealkylation sites (N-methyl/N-ethyl adjacent to an activating group) is 1. The summed E-state index contributed by atoms with van der Waals surface area (Å²) in [5, 5.41) is 9.58. The van der Waals surface area contributed by atoms with E-state index in [-0.39, 0.29) is 36.2 Å². The number of ether oxygens (including phenoxy) is 3. The van der Waals surface area contributed by atoms with Crippen LogP contribution in [0.4, 0.5) is 0 Å². The quantitative estimate of drug-likeness (QED) is 0.0241. The molecule has 0 rings (SSSR count). The molecule has 8 nitrogen and oxygen atoms in total. The smallest absolute Gasteiger partial charge is 0.362 e. The van der Waals surface area contributed by atoms with E-state index in [0.29, 0.717) is 19.3 Å². The van der Waals surface area contributed by atoms with Gasteiger partial charge in [-0.25, -0.2) is 4.79 Å². The fraction of sp³-hybridized carbons (Fsp3) is 0.732. The molecule has 0 aromatic carbocycles. The Labute approximate surface area is 299 Å². The van der Waals surface area contributed by atoms with Crippen molar-refractivity contribution in [1.29, 1.82) is 0 Å². The zero-order valence-corrected chi connectivity index (χ0v) is 31.9. The predicted molar refractivity (Wildman–Crippen MR) is 201 cm³/mol. The van der Waals surface area contributed by atoms with Gasteiger partial charge in [-0.1, -0.05) is 114 Å². The lowest BCUT2D eigenvalue weighted by molar-refractivity contribution is -0.887. The number of allylic oxidation sites excluding steroid dienone is 8. The highest BCUT2D eigenvalue weighted by atomic mass is 16.6. The Morgan fingerprint density at radius 2 is 1.20 bits per heavy atom. The lowest BCUT2D eigenvalue weighted by Crippen LogP contribution is -2.50. The van der Waals surface area contributed by atoms with E-state index in [0.717, 1.165) is 70.6 Å². The van der Waals surface area contributed by atoms with Gasteiger partial charge in [-0.15, -0.1) is 0 Å². The maximum absolute atomic E-state index is 12.6. The molecule has 282 valence electrons. The van der Waals surface area contributed by atoms with Gasteiger partial charge in [0.25, 0.3) is 0 Å². The lowest BCUT2D eigenvalue weighted by Gasteiger charge is -2.31. The normalized spacial score (nSPS) is 13.6. The van der Waals surface area contributed by atoms with Crippen molar-refractivity contribution in [3.63, 3.8) is 0 Å². The number of hydrogen-bond donors (Lipinski definition) is 1. The summed E-state index contributed by atoms with van der Waals surface area (Å²) in [6.45, 7) is 4.52. The molecule has 49 heavy (non-hydrogen) atoms. The average molecular weight is 691 g/mol. The first-order chi connectivity index (χ1) is 23.6. The largest absolute Gasteiger partial charge is 0.477 e. The number of nitrogens with zero attached hydrogens (tertiary/aromatic N) is 1.